The topological polar surface area (TPSA) is 95.4 Å². The molecule has 2 aliphatic heterocycles. The predicted molar refractivity (Wildman–Crippen MR) is 40.5 cm³/mol. The van der Waals surface area contributed by atoms with Crippen LogP contribution in [0.1, 0.15) is 0 Å². The molecule has 0 unspecified atom stereocenters. The normalized spacial score (nSPS) is 39.7. The maximum atomic E-state index is 9.67. The minimum absolute atomic E-state index is 0.0926. The molecule has 0 aromatic rings. The number of nitrogens with two attached hydrogens (primary N) is 1. The Morgan fingerprint density at radius 3 is 3.18 bits per heavy atom. The van der Waals surface area contributed by atoms with E-state index in [1.54, 1.807) is 0 Å². The summed E-state index contributed by atoms with van der Waals surface area (Å²) in [7, 11) is 0. The summed E-state index contributed by atoms with van der Waals surface area (Å²) in [5, 5.41) is 12.3. The van der Waals surface area contributed by atoms with Crippen LogP contribution in [-0.2, 0) is 0 Å². The Kier molecular flexibility index (Phi) is 1.02. The average molecular weight is 153 g/mol. The first-order chi connectivity index (χ1) is 5.23. The van der Waals surface area contributed by atoms with Crippen LogP contribution in [-0.4, -0.2) is 35.5 Å². The lowest BCUT2D eigenvalue weighted by Crippen LogP contribution is -2.59. The van der Waals surface area contributed by atoms with Crippen LogP contribution in [0.25, 0.3) is 0 Å². The predicted octanol–water partition coefficient (Wildman–Crippen LogP) is -1.97. The molecule has 0 bridgehead atoms. The summed E-state index contributed by atoms with van der Waals surface area (Å²) >= 11 is 0. The van der Waals surface area contributed by atoms with E-state index in [0.717, 1.165) is 0 Å². The number of nitrogens with zero attached hydrogens (tertiary/aromatic N) is 3. The zero-order chi connectivity index (χ0) is 7.90. The van der Waals surface area contributed by atoms with Crippen LogP contribution in [0, 0.1) is 0 Å². The summed E-state index contributed by atoms with van der Waals surface area (Å²) in [6.07, 6.45) is 2.08. The van der Waals surface area contributed by atoms with Gasteiger partial charge in [-0.2, -0.15) is 0 Å². The molecule has 58 valence electrons. The second kappa shape index (κ2) is 1.79. The molecule has 0 amide bonds. The molecule has 0 fully saturated rings. The van der Waals surface area contributed by atoms with Crippen molar-refractivity contribution >= 4 is 18.5 Å². The quantitative estimate of drug-likeness (QED) is 0.376. The molecule has 0 radical (unpaired) electrons. The minimum Gasteiger partial charge on any atom is -0.383 e. The first-order valence-electron chi connectivity index (χ1n) is 3.10. The molecule has 0 aromatic heterocycles. The van der Waals surface area contributed by atoms with Gasteiger partial charge in [-0.3, -0.25) is 0 Å². The lowest BCUT2D eigenvalue weighted by atomic mass is 10.1. The Bertz CT molecular complexity index is 270. The number of aliphatic imine (C=N–C) groups is 3. The number of aliphatic hydroxyl groups is 1. The van der Waals surface area contributed by atoms with E-state index in [2.05, 4.69) is 20.3 Å². The van der Waals surface area contributed by atoms with Crippen LogP contribution in [0.2, 0.25) is 0 Å². The lowest BCUT2D eigenvalue weighted by molar-refractivity contribution is 0.0815. The van der Waals surface area contributed by atoms with Crippen LogP contribution in [0.15, 0.2) is 15.0 Å². The molecule has 2 rings (SSSR count). The fourth-order valence-electron chi connectivity index (χ4n) is 0.998. The molecule has 6 heteroatoms. The molecule has 2 atom stereocenters. The monoisotopic (exact) mass is 153 g/mol. The van der Waals surface area contributed by atoms with Crippen LogP contribution in [0.4, 0.5) is 0 Å². The number of hydrogen-bond donors (Lipinski definition) is 3. The van der Waals surface area contributed by atoms with Gasteiger partial charge in [0.25, 0.3) is 0 Å². The van der Waals surface area contributed by atoms with Gasteiger partial charge in [-0.05, 0) is 0 Å². The van der Waals surface area contributed by atoms with Crippen molar-refractivity contribution < 1.29 is 5.11 Å². The van der Waals surface area contributed by atoms with Gasteiger partial charge in [-0.25, -0.2) is 15.0 Å². The van der Waals surface area contributed by atoms with E-state index in [1.807, 2.05) is 0 Å². The fourth-order valence-corrected chi connectivity index (χ4v) is 0.998. The van der Waals surface area contributed by atoms with Crippen LogP contribution in [0.3, 0.4) is 0 Å². The smallest absolute Gasteiger partial charge is 0.239 e. The number of rotatable bonds is 0. The summed E-state index contributed by atoms with van der Waals surface area (Å²) in [5.41, 5.74) is 4.03. The van der Waals surface area contributed by atoms with Crippen LogP contribution < -0.4 is 11.1 Å². The van der Waals surface area contributed by atoms with E-state index in [4.69, 9.17) is 5.73 Å². The van der Waals surface area contributed by atoms with Gasteiger partial charge < -0.3 is 16.2 Å². The minimum atomic E-state index is -1.39. The van der Waals surface area contributed by atoms with Crippen molar-refractivity contribution in [3.63, 3.8) is 0 Å². The van der Waals surface area contributed by atoms with Gasteiger partial charge in [0.1, 0.15) is 6.34 Å². The highest BCUT2D eigenvalue weighted by molar-refractivity contribution is 5.98. The third-order valence-electron chi connectivity index (χ3n) is 1.67. The van der Waals surface area contributed by atoms with Gasteiger partial charge in [0.05, 0.1) is 6.34 Å². The van der Waals surface area contributed by atoms with E-state index in [9.17, 15) is 5.11 Å². The molecular formula is C5H7N5O. The zero-order valence-electron chi connectivity index (χ0n) is 5.60. The average Bonchev–Trinajstić information content (AvgIpc) is 2.34. The highest BCUT2D eigenvalue weighted by atomic mass is 16.3. The van der Waals surface area contributed by atoms with Gasteiger partial charge in [-0.1, -0.05) is 0 Å². The van der Waals surface area contributed by atoms with Crippen molar-refractivity contribution in [2.24, 2.45) is 20.7 Å². The second-order valence-electron chi connectivity index (χ2n) is 2.34. The molecular weight excluding hydrogens is 146 g/mol. The molecule has 4 N–H and O–H groups in total. The number of hydrogen-bond acceptors (Lipinski definition) is 6. The Labute approximate surface area is 62.6 Å². The van der Waals surface area contributed by atoms with Crippen LogP contribution >= 0.6 is 0 Å². The number of nitrogens with one attached hydrogen (secondary N) is 1. The van der Waals surface area contributed by atoms with Gasteiger partial charge in [0, 0.05) is 0 Å². The Balaban J connectivity index is 2.41. The molecule has 11 heavy (non-hydrogen) atoms. The summed E-state index contributed by atoms with van der Waals surface area (Å²) < 4.78 is 0. The molecule has 0 aromatic carbocycles. The van der Waals surface area contributed by atoms with E-state index in [-0.39, 0.29) is 5.84 Å². The van der Waals surface area contributed by atoms with Gasteiger partial charge in [0.2, 0.25) is 5.72 Å². The van der Waals surface area contributed by atoms with Gasteiger partial charge in [0.15, 0.2) is 12.0 Å². The lowest BCUT2D eigenvalue weighted by Gasteiger charge is -2.27. The maximum Gasteiger partial charge on any atom is 0.239 e. The number of fused-ring (bicyclic) bond motifs is 1. The van der Waals surface area contributed by atoms with Crippen LogP contribution in [0.5, 0.6) is 0 Å². The molecule has 2 aliphatic rings. The standard InChI is InChI=1S/C5H7N5O/c6-3-5(11)4(8-1-7-3)9-2-10-5/h1-2,4,11H,(H,9,10)(H2,6,7,8)/t4-,5-/m1/s1. The van der Waals surface area contributed by atoms with Crippen molar-refractivity contribution in [1.29, 1.82) is 0 Å². The maximum absolute atomic E-state index is 9.67. The van der Waals surface area contributed by atoms with E-state index in [1.165, 1.54) is 12.7 Å². The zero-order valence-corrected chi connectivity index (χ0v) is 5.60. The summed E-state index contributed by atoms with van der Waals surface area (Å²) in [4.78, 5) is 11.3. The molecule has 0 saturated heterocycles. The molecule has 0 aliphatic carbocycles. The third-order valence-corrected chi connectivity index (χ3v) is 1.67. The van der Waals surface area contributed by atoms with Crippen molar-refractivity contribution in [2.75, 3.05) is 0 Å². The second-order valence-corrected chi connectivity index (χ2v) is 2.34. The Morgan fingerprint density at radius 2 is 2.45 bits per heavy atom. The van der Waals surface area contributed by atoms with Crippen molar-refractivity contribution in [3.8, 4) is 0 Å². The molecule has 0 saturated carbocycles. The SMILES string of the molecule is NC1=NC=N[C@@H]2N=CN[C@@]12O. The largest absolute Gasteiger partial charge is 0.383 e. The first kappa shape index (κ1) is 6.29. The molecule has 6 nitrogen and oxygen atoms in total. The van der Waals surface area contributed by atoms with E-state index >= 15 is 0 Å². The van der Waals surface area contributed by atoms with Crippen molar-refractivity contribution in [1.82, 2.24) is 5.32 Å². The van der Waals surface area contributed by atoms with Crippen molar-refractivity contribution in [3.05, 3.63) is 0 Å². The van der Waals surface area contributed by atoms with E-state index < -0.39 is 11.9 Å². The highest BCUT2D eigenvalue weighted by Crippen LogP contribution is 2.18. The number of amidine groups is 1. The Morgan fingerprint density at radius 1 is 1.64 bits per heavy atom. The summed E-state index contributed by atoms with van der Waals surface area (Å²) in [5.74, 6) is 0.0926. The summed E-state index contributed by atoms with van der Waals surface area (Å²) in [6, 6.07) is 0. The molecule has 0 spiro atoms. The fraction of sp³-hybridized carbons (Fsp3) is 0.400. The van der Waals surface area contributed by atoms with Crippen molar-refractivity contribution in [2.45, 2.75) is 11.9 Å². The summed E-state index contributed by atoms with van der Waals surface area (Å²) in [6.45, 7) is 0. The Hall–Kier alpha value is -1.43. The van der Waals surface area contributed by atoms with Gasteiger partial charge >= 0.3 is 0 Å². The van der Waals surface area contributed by atoms with E-state index in [0.29, 0.717) is 0 Å². The van der Waals surface area contributed by atoms with Gasteiger partial charge in [-0.15, -0.1) is 0 Å². The molecule has 2 heterocycles. The third kappa shape index (κ3) is 0.666. The first-order valence-corrected chi connectivity index (χ1v) is 3.10. The highest BCUT2D eigenvalue weighted by Gasteiger charge is 2.44.